The molecule has 0 bridgehead atoms. The Bertz CT molecular complexity index is 3190. The van der Waals surface area contributed by atoms with Crippen molar-refractivity contribution in [2.45, 2.75) is 0 Å². The minimum absolute atomic E-state index is 0.638. The summed E-state index contributed by atoms with van der Waals surface area (Å²) in [5.41, 5.74) is 10.7. The molecule has 0 spiro atoms. The van der Waals surface area contributed by atoms with Crippen molar-refractivity contribution in [1.82, 2.24) is 24.5 Å². The Kier molecular flexibility index (Phi) is 7.60. The van der Waals surface area contributed by atoms with Gasteiger partial charge in [-0.2, -0.15) is 0 Å². The second-order valence-electron chi connectivity index (χ2n) is 13.9. The van der Waals surface area contributed by atoms with Gasteiger partial charge in [-0.3, -0.25) is 0 Å². The number of hydrogen-bond acceptors (Lipinski definition) is 5. The van der Waals surface area contributed by atoms with Gasteiger partial charge < -0.3 is 4.57 Å². The predicted molar refractivity (Wildman–Crippen MR) is 232 cm³/mol. The van der Waals surface area contributed by atoms with E-state index in [0.29, 0.717) is 17.5 Å². The maximum absolute atomic E-state index is 5.20. The Labute approximate surface area is 326 Å². The lowest BCUT2D eigenvalue weighted by atomic mass is 9.99. The van der Waals surface area contributed by atoms with Crippen LogP contribution in [0, 0.1) is 0 Å². The van der Waals surface area contributed by atoms with E-state index in [9.17, 15) is 0 Å². The number of nitrogens with zero attached hydrogens (tertiary/aromatic N) is 5. The molecule has 0 saturated heterocycles. The quantitative estimate of drug-likeness (QED) is 0.171. The van der Waals surface area contributed by atoms with Crippen molar-refractivity contribution in [3.8, 4) is 61.5 Å². The molecule has 0 aliphatic rings. The predicted octanol–water partition coefficient (Wildman–Crippen LogP) is 13.1. The van der Waals surface area contributed by atoms with Crippen LogP contribution in [0.5, 0.6) is 0 Å². The molecule has 56 heavy (non-hydrogen) atoms. The molecule has 0 fully saturated rings. The highest BCUT2D eigenvalue weighted by atomic mass is 32.1. The Morgan fingerprint density at radius 1 is 0.357 bits per heavy atom. The van der Waals surface area contributed by atoms with Gasteiger partial charge >= 0.3 is 0 Å². The van der Waals surface area contributed by atoms with Crippen LogP contribution in [0.25, 0.3) is 104 Å². The number of rotatable bonds is 6. The molecule has 0 unspecified atom stereocenters. The first-order chi connectivity index (χ1) is 27.7. The smallest absolute Gasteiger partial charge is 0.164 e. The van der Waals surface area contributed by atoms with Crippen molar-refractivity contribution in [1.29, 1.82) is 0 Å². The monoisotopic (exact) mass is 733 g/mol. The van der Waals surface area contributed by atoms with Gasteiger partial charge in [0.15, 0.2) is 17.5 Å². The fourth-order valence-corrected chi connectivity index (χ4v) is 8.83. The molecule has 0 saturated carbocycles. The van der Waals surface area contributed by atoms with Gasteiger partial charge in [0.05, 0.1) is 21.3 Å². The van der Waals surface area contributed by atoms with Crippen LogP contribution in [-0.2, 0) is 0 Å². The second-order valence-corrected chi connectivity index (χ2v) is 14.9. The van der Waals surface area contributed by atoms with Gasteiger partial charge in [-0.15, -0.1) is 11.3 Å². The van der Waals surface area contributed by atoms with E-state index in [1.807, 2.05) is 60.7 Å². The van der Waals surface area contributed by atoms with Gasteiger partial charge in [0.1, 0.15) is 5.01 Å². The van der Waals surface area contributed by atoms with Crippen LogP contribution in [0.1, 0.15) is 0 Å². The molecule has 0 N–H and O–H groups in total. The molecule has 0 radical (unpaired) electrons. The highest BCUT2D eigenvalue weighted by Gasteiger charge is 2.17. The van der Waals surface area contributed by atoms with E-state index in [4.69, 9.17) is 19.9 Å². The minimum atomic E-state index is 0.638. The third kappa shape index (κ3) is 5.54. The van der Waals surface area contributed by atoms with E-state index in [2.05, 4.69) is 132 Å². The fraction of sp³-hybridized carbons (Fsp3) is 0. The van der Waals surface area contributed by atoms with Crippen LogP contribution in [0.4, 0.5) is 0 Å². The molecule has 0 atom stereocenters. The molecular weight excluding hydrogens is 703 g/mol. The number of benzene rings is 8. The average molecular weight is 734 g/mol. The van der Waals surface area contributed by atoms with Crippen LogP contribution in [-0.4, -0.2) is 24.5 Å². The zero-order valence-corrected chi connectivity index (χ0v) is 30.9. The lowest BCUT2D eigenvalue weighted by molar-refractivity contribution is 1.07. The van der Waals surface area contributed by atoms with E-state index in [-0.39, 0.29) is 0 Å². The number of hydrogen-bond donors (Lipinski definition) is 0. The number of aromatic nitrogens is 5. The highest BCUT2D eigenvalue weighted by molar-refractivity contribution is 7.22. The SMILES string of the molecule is c1ccc(-c2nc(-c3ccccc3)nc(-c3cccc(-c4ccc5ccc6nc(-c7ccc8c(c7)c7ccccc7n8-c7ccccc7)sc6c5c4)c3)n2)cc1. The molecule has 11 rings (SSSR count). The van der Waals surface area contributed by atoms with E-state index >= 15 is 0 Å². The zero-order valence-electron chi connectivity index (χ0n) is 30.0. The lowest BCUT2D eigenvalue weighted by Crippen LogP contribution is -2.00. The van der Waals surface area contributed by atoms with Crippen LogP contribution in [0.3, 0.4) is 0 Å². The summed E-state index contributed by atoms with van der Waals surface area (Å²) < 4.78 is 3.53. The molecule has 0 amide bonds. The largest absolute Gasteiger partial charge is 0.309 e. The number of fused-ring (bicyclic) bond motifs is 6. The van der Waals surface area contributed by atoms with Crippen molar-refractivity contribution in [2.75, 3.05) is 0 Å². The molecule has 0 aliphatic heterocycles. The summed E-state index contributed by atoms with van der Waals surface area (Å²) in [6.45, 7) is 0. The summed E-state index contributed by atoms with van der Waals surface area (Å²) in [6, 6.07) is 65.7. The van der Waals surface area contributed by atoms with Crippen LogP contribution in [0.15, 0.2) is 188 Å². The van der Waals surface area contributed by atoms with Gasteiger partial charge in [0, 0.05) is 44.1 Å². The van der Waals surface area contributed by atoms with E-state index in [0.717, 1.165) is 49.6 Å². The summed E-state index contributed by atoms with van der Waals surface area (Å²) in [4.78, 5) is 20.0. The Hall–Kier alpha value is -7.28. The molecule has 3 heterocycles. The first-order valence-electron chi connectivity index (χ1n) is 18.6. The normalized spacial score (nSPS) is 11.6. The maximum Gasteiger partial charge on any atom is 0.164 e. The summed E-state index contributed by atoms with van der Waals surface area (Å²) in [5, 5.41) is 5.84. The summed E-state index contributed by atoms with van der Waals surface area (Å²) in [5.74, 6) is 1.93. The Morgan fingerprint density at radius 2 is 0.911 bits per heavy atom. The molecule has 0 aliphatic carbocycles. The molecular formula is C50H31N5S. The van der Waals surface area contributed by atoms with Crippen molar-refractivity contribution in [3.05, 3.63) is 188 Å². The first-order valence-corrected chi connectivity index (χ1v) is 19.5. The molecule has 6 heteroatoms. The van der Waals surface area contributed by atoms with Crippen LogP contribution >= 0.6 is 11.3 Å². The maximum atomic E-state index is 5.20. The van der Waals surface area contributed by atoms with E-state index in [1.165, 1.54) is 37.3 Å². The molecule has 11 aromatic rings. The average Bonchev–Trinajstić information content (AvgIpc) is 3.87. The van der Waals surface area contributed by atoms with Crippen LogP contribution in [0.2, 0.25) is 0 Å². The molecule has 262 valence electrons. The van der Waals surface area contributed by atoms with Crippen molar-refractivity contribution in [2.24, 2.45) is 0 Å². The van der Waals surface area contributed by atoms with Crippen molar-refractivity contribution >= 4 is 54.1 Å². The van der Waals surface area contributed by atoms with Crippen molar-refractivity contribution < 1.29 is 0 Å². The van der Waals surface area contributed by atoms with E-state index in [1.54, 1.807) is 11.3 Å². The summed E-state index contributed by atoms with van der Waals surface area (Å²) >= 11 is 1.76. The standard InChI is InChI=1S/C50H31N5S/c1-4-13-33(14-5-1)47-52-48(34-15-6-2-7-16-34)54-49(53-47)37-18-12-17-35(29-37)36-24-23-32-25-27-43-46(41(32)30-36)56-50(51-43)38-26-28-45-42(31-38)40-21-10-11-22-44(40)55(45)39-19-8-3-9-20-39/h1-31H. The number of thiazole rings is 1. The van der Waals surface area contributed by atoms with Gasteiger partial charge in [-0.05, 0) is 71.1 Å². The Morgan fingerprint density at radius 3 is 1.66 bits per heavy atom. The number of para-hydroxylation sites is 2. The molecule has 5 nitrogen and oxygen atoms in total. The second kappa shape index (κ2) is 13.2. The fourth-order valence-electron chi connectivity index (χ4n) is 7.74. The third-order valence-corrected chi connectivity index (χ3v) is 11.6. The minimum Gasteiger partial charge on any atom is -0.309 e. The summed E-state index contributed by atoms with van der Waals surface area (Å²) in [6.07, 6.45) is 0. The molecule has 3 aromatic heterocycles. The van der Waals surface area contributed by atoms with Crippen LogP contribution < -0.4 is 0 Å². The Balaban J connectivity index is 0.999. The third-order valence-electron chi connectivity index (χ3n) is 10.5. The molecule has 8 aromatic carbocycles. The van der Waals surface area contributed by atoms with Gasteiger partial charge in [0.2, 0.25) is 0 Å². The van der Waals surface area contributed by atoms with Gasteiger partial charge in [-0.25, -0.2) is 19.9 Å². The van der Waals surface area contributed by atoms with E-state index < -0.39 is 0 Å². The zero-order chi connectivity index (χ0) is 37.0. The van der Waals surface area contributed by atoms with Crippen molar-refractivity contribution in [3.63, 3.8) is 0 Å². The highest BCUT2D eigenvalue weighted by Crippen LogP contribution is 2.40. The topological polar surface area (TPSA) is 56.5 Å². The lowest BCUT2D eigenvalue weighted by Gasteiger charge is -2.10. The van der Waals surface area contributed by atoms with Gasteiger partial charge in [0.25, 0.3) is 0 Å². The summed E-state index contributed by atoms with van der Waals surface area (Å²) in [7, 11) is 0. The van der Waals surface area contributed by atoms with Gasteiger partial charge in [-0.1, -0.05) is 133 Å². The first kappa shape index (κ1) is 32.2.